The Bertz CT molecular complexity index is 32.6. The summed E-state index contributed by atoms with van der Waals surface area (Å²) in [6.07, 6.45) is 0. The molecule has 1 radical (unpaired) electrons. The van der Waals surface area contributed by atoms with Gasteiger partial charge in [0.1, 0.15) is 0 Å². The Balaban J connectivity index is 0. The van der Waals surface area contributed by atoms with Crippen LogP contribution in [0.25, 0.3) is 0 Å². The molecule has 0 spiro atoms. The van der Waals surface area contributed by atoms with Gasteiger partial charge in [-0.05, 0) is 0 Å². The SMILES string of the molecule is N=S(F)F.[Cs]. The minimum Gasteiger partial charge on any atom is -0.222 e. The monoisotopic (exact) mass is 218 g/mol. The topological polar surface area (TPSA) is 23.9 Å². The summed E-state index contributed by atoms with van der Waals surface area (Å²) in [5.74, 6) is 0. The summed E-state index contributed by atoms with van der Waals surface area (Å²) in [7, 11) is 0. The van der Waals surface area contributed by atoms with E-state index in [1.807, 2.05) is 0 Å². The fourth-order valence-electron chi connectivity index (χ4n) is 0. The molecule has 0 rings (SSSR count). The van der Waals surface area contributed by atoms with E-state index in [-0.39, 0.29) is 68.9 Å². The summed E-state index contributed by atoms with van der Waals surface area (Å²) in [6, 6.07) is 0. The molecule has 0 aromatic heterocycles. The third-order valence-corrected chi connectivity index (χ3v) is 0. The number of halogens is 2. The van der Waals surface area contributed by atoms with Crippen LogP contribution in [0, 0.1) is 4.78 Å². The number of nitrogens with one attached hydrogen (secondary N) is 1. The van der Waals surface area contributed by atoms with E-state index in [2.05, 4.69) is 0 Å². The largest absolute Gasteiger partial charge is 0.258 e. The fraction of sp³-hybridized carbons (Fsp3) is 0. The Morgan fingerprint density at radius 1 is 1.40 bits per heavy atom. The van der Waals surface area contributed by atoms with Gasteiger partial charge in [-0.3, -0.25) is 0 Å². The van der Waals surface area contributed by atoms with Gasteiger partial charge in [0.25, 0.3) is 11.5 Å². The van der Waals surface area contributed by atoms with Crippen LogP contribution in [-0.2, 0) is 11.5 Å². The summed E-state index contributed by atoms with van der Waals surface area (Å²) in [5.41, 5.74) is 0. The van der Waals surface area contributed by atoms with Gasteiger partial charge in [-0.15, -0.1) is 7.77 Å². The molecule has 0 bridgehead atoms. The van der Waals surface area contributed by atoms with Crippen molar-refractivity contribution in [2.45, 2.75) is 0 Å². The van der Waals surface area contributed by atoms with Gasteiger partial charge in [-0.2, -0.15) is 0 Å². The van der Waals surface area contributed by atoms with Gasteiger partial charge < -0.3 is 0 Å². The summed E-state index contributed by atoms with van der Waals surface area (Å²) in [6.45, 7) is 0. The molecule has 0 aliphatic rings. The number of hydrogen-bond acceptors (Lipinski definition) is 1. The van der Waals surface area contributed by atoms with E-state index in [9.17, 15) is 7.77 Å². The first-order valence-corrected chi connectivity index (χ1v) is 1.54. The molecule has 5 heteroatoms. The van der Waals surface area contributed by atoms with Gasteiger partial charge in [-0.25, -0.2) is 4.78 Å². The molecule has 0 unspecified atom stereocenters. The minimum absolute atomic E-state index is 0. The van der Waals surface area contributed by atoms with Crippen LogP contribution in [0.1, 0.15) is 0 Å². The first-order chi connectivity index (χ1) is 1.73. The summed E-state index contributed by atoms with van der Waals surface area (Å²) >= 11 is -3.11. The van der Waals surface area contributed by atoms with Crippen LogP contribution < -0.4 is 0 Å². The molecule has 0 atom stereocenters. The molecule has 0 saturated carbocycles. The maximum atomic E-state index is 10.0. The van der Waals surface area contributed by atoms with Crippen LogP contribution in [0.4, 0.5) is 7.77 Å². The fourth-order valence-corrected chi connectivity index (χ4v) is 0. The van der Waals surface area contributed by atoms with Crippen molar-refractivity contribution < 1.29 is 7.77 Å². The molecule has 0 aliphatic heterocycles. The van der Waals surface area contributed by atoms with Crippen LogP contribution in [0.2, 0.25) is 0 Å². The van der Waals surface area contributed by atoms with Crippen LogP contribution >= 0.6 is 0 Å². The van der Waals surface area contributed by atoms with E-state index in [1.54, 1.807) is 0 Å². The first kappa shape index (κ1) is 10.1. The second kappa shape index (κ2) is 6.06. The number of rotatable bonds is 0. The van der Waals surface area contributed by atoms with E-state index < -0.39 is 11.5 Å². The Morgan fingerprint density at radius 3 is 1.40 bits per heavy atom. The molecular formula is HCsF2NS. The van der Waals surface area contributed by atoms with Crippen molar-refractivity contribution in [3.05, 3.63) is 0 Å². The predicted octanol–water partition coefficient (Wildman–Crippen LogP) is 0.755. The maximum absolute atomic E-state index is 10.0. The Hall–Kier alpha value is 2.06. The third-order valence-electron chi connectivity index (χ3n) is 0. The van der Waals surface area contributed by atoms with Crippen molar-refractivity contribution in [2.24, 2.45) is 0 Å². The molecule has 0 heterocycles. The third kappa shape index (κ3) is 23.5. The summed E-state index contributed by atoms with van der Waals surface area (Å²) in [4.78, 5) is 0. The van der Waals surface area contributed by atoms with Gasteiger partial charge in [0, 0.05) is 68.9 Å². The molecule has 0 amide bonds. The van der Waals surface area contributed by atoms with E-state index in [0.717, 1.165) is 0 Å². The molecular weight excluding hydrogens is 217 g/mol. The van der Waals surface area contributed by atoms with Crippen molar-refractivity contribution in [2.75, 3.05) is 0 Å². The average Bonchev–Trinajstić information content (AvgIpc) is 0.811. The van der Waals surface area contributed by atoms with Crippen LogP contribution in [0.3, 0.4) is 0 Å². The maximum Gasteiger partial charge on any atom is 0.258 e. The van der Waals surface area contributed by atoms with Gasteiger partial charge in [-0.1, -0.05) is 0 Å². The zero-order valence-electron chi connectivity index (χ0n) is 2.66. The van der Waals surface area contributed by atoms with Crippen molar-refractivity contribution in [1.29, 1.82) is 4.78 Å². The van der Waals surface area contributed by atoms with Crippen LogP contribution in [-0.4, -0.2) is 68.9 Å². The molecule has 0 fully saturated rings. The van der Waals surface area contributed by atoms with E-state index in [0.29, 0.717) is 0 Å². The van der Waals surface area contributed by atoms with Crippen molar-refractivity contribution in [3.8, 4) is 0 Å². The smallest absolute Gasteiger partial charge is 0.222 e. The molecule has 0 aliphatic carbocycles. The van der Waals surface area contributed by atoms with Crippen LogP contribution in [0.15, 0.2) is 0 Å². The Labute approximate surface area is 90.4 Å². The molecule has 0 aromatic rings. The van der Waals surface area contributed by atoms with Crippen molar-refractivity contribution >= 4 is 80.4 Å². The standard InChI is InChI=1S/Cs.F2HNS/c;1-4(2)3/h;3H. The van der Waals surface area contributed by atoms with E-state index in [1.165, 1.54) is 0 Å². The van der Waals surface area contributed by atoms with E-state index in [4.69, 9.17) is 4.78 Å². The minimum atomic E-state index is -3.11. The Morgan fingerprint density at radius 2 is 1.40 bits per heavy atom. The van der Waals surface area contributed by atoms with Gasteiger partial charge in [0.15, 0.2) is 0 Å². The van der Waals surface area contributed by atoms with Gasteiger partial charge in [0.2, 0.25) is 0 Å². The normalized spacial score (nSPS) is 7.00. The summed E-state index contributed by atoms with van der Waals surface area (Å²) in [5, 5.41) is 0. The molecule has 27 valence electrons. The van der Waals surface area contributed by atoms with Crippen molar-refractivity contribution in [3.63, 3.8) is 0 Å². The second-order valence-electron chi connectivity index (χ2n) is 0.213. The van der Waals surface area contributed by atoms with Crippen LogP contribution in [0.5, 0.6) is 0 Å². The predicted molar refractivity (Wildman–Crippen MR) is 18.1 cm³/mol. The quantitative estimate of drug-likeness (QED) is 0.620. The van der Waals surface area contributed by atoms with Gasteiger partial charge in [0.05, 0.1) is 0 Å². The zero-order chi connectivity index (χ0) is 3.58. The van der Waals surface area contributed by atoms with Gasteiger partial charge >= 0.3 is 0 Å². The van der Waals surface area contributed by atoms with E-state index >= 15 is 0 Å². The molecule has 0 aromatic carbocycles. The second-order valence-corrected chi connectivity index (χ2v) is 0.638. The zero-order valence-corrected chi connectivity index (χ0v) is 9.76. The first-order valence-electron chi connectivity index (χ1n) is 0.513. The molecule has 1 nitrogen and oxygen atoms in total. The molecule has 1 N–H and O–H groups in total. The average molecular weight is 218 g/mol. The molecule has 5 heavy (non-hydrogen) atoms. The molecule has 0 saturated heterocycles. The number of hydrogen-bond donors (Lipinski definition) is 1. The Kier molecular flexibility index (Phi) is 12.3. The summed E-state index contributed by atoms with van der Waals surface area (Å²) < 4.78 is 25.3. The van der Waals surface area contributed by atoms with Crippen molar-refractivity contribution in [1.82, 2.24) is 0 Å².